The lowest BCUT2D eigenvalue weighted by Crippen LogP contribution is -2.25. The van der Waals surface area contributed by atoms with Gasteiger partial charge in [-0.3, -0.25) is 0 Å². The number of halogens is 2. The summed E-state index contributed by atoms with van der Waals surface area (Å²) in [5.74, 6) is 0.0896. The first-order valence-corrected chi connectivity index (χ1v) is 7.80. The molecule has 0 heterocycles. The van der Waals surface area contributed by atoms with Crippen molar-refractivity contribution in [2.24, 2.45) is 0 Å². The zero-order valence-corrected chi connectivity index (χ0v) is 11.6. The highest BCUT2D eigenvalue weighted by Gasteiger charge is 2.14. The first-order chi connectivity index (χ1) is 8.79. The first-order valence-electron chi connectivity index (χ1n) is 5.74. The van der Waals surface area contributed by atoms with Crippen LogP contribution in [0.15, 0.2) is 24.3 Å². The number of nitrogens with one attached hydrogen (secondary N) is 1. The lowest BCUT2D eigenvalue weighted by Gasteiger charge is -2.17. The standard InChI is InChI=1S/C12H17F2NO3S/c1-9(15-7-8-19(2,16)17)10-5-3-4-6-11(10)18-12(13)14/h3-6,9,12,15H,7-8H2,1-2H3. The van der Waals surface area contributed by atoms with Crippen LogP contribution in [0, 0.1) is 0 Å². The Labute approximate surface area is 111 Å². The molecule has 19 heavy (non-hydrogen) atoms. The van der Waals surface area contributed by atoms with Crippen molar-refractivity contribution in [3.8, 4) is 5.75 Å². The lowest BCUT2D eigenvalue weighted by molar-refractivity contribution is -0.0506. The zero-order chi connectivity index (χ0) is 14.5. The van der Waals surface area contributed by atoms with E-state index in [0.29, 0.717) is 5.56 Å². The van der Waals surface area contributed by atoms with E-state index in [2.05, 4.69) is 10.1 Å². The Morgan fingerprint density at radius 1 is 1.32 bits per heavy atom. The zero-order valence-electron chi connectivity index (χ0n) is 10.8. The highest BCUT2D eigenvalue weighted by molar-refractivity contribution is 7.90. The van der Waals surface area contributed by atoms with Gasteiger partial charge in [0, 0.05) is 24.4 Å². The number of hydrogen-bond acceptors (Lipinski definition) is 4. The summed E-state index contributed by atoms with van der Waals surface area (Å²) >= 11 is 0. The molecular weight excluding hydrogens is 276 g/mol. The van der Waals surface area contributed by atoms with E-state index in [9.17, 15) is 17.2 Å². The molecule has 0 saturated carbocycles. The maximum atomic E-state index is 12.3. The quantitative estimate of drug-likeness (QED) is 0.835. The van der Waals surface area contributed by atoms with E-state index in [1.165, 1.54) is 6.07 Å². The fourth-order valence-electron chi connectivity index (χ4n) is 1.61. The van der Waals surface area contributed by atoms with Crippen molar-refractivity contribution in [1.29, 1.82) is 0 Å². The van der Waals surface area contributed by atoms with Gasteiger partial charge in [0.25, 0.3) is 0 Å². The molecule has 1 unspecified atom stereocenters. The molecule has 0 saturated heterocycles. The van der Waals surface area contributed by atoms with Crippen LogP contribution in [0.25, 0.3) is 0 Å². The molecule has 108 valence electrons. The smallest absolute Gasteiger partial charge is 0.387 e. The highest BCUT2D eigenvalue weighted by atomic mass is 32.2. The molecule has 7 heteroatoms. The number of sulfone groups is 1. The van der Waals surface area contributed by atoms with Crippen LogP contribution in [0.3, 0.4) is 0 Å². The number of ether oxygens (including phenoxy) is 1. The highest BCUT2D eigenvalue weighted by Crippen LogP contribution is 2.26. The molecule has 4 nitrogen and oxygen atoms in total. The van der Waals surface area contributed by atoms with Crippen LogP contribution in [0.5, 0.6) is 5.75 Å². The largest absolute Gasteiger partial charge is 0.434 e. The summed E-state index contributed by atoms with van der Waals surface area (Å²) in [6, 6.07) is 6.15. The Morgan fingerprint density at radius 3 is 2.53 bits per heavy atom. The fourth-order valence-corrected chi connectivity index (χ4v) is 2.10. The van der Waals surface area contributed by atoms with Crippen molar-refractivity contribution >= 4 is 9.84 Å². The van der Waals surface area contributed by atoms with E-state index in [1.807, 2.05) is 0 Å². The van der Waals surface area contributed by atoms with E-state index in [4.69, 9.17) is 0 Å². The molecule has 0 radical (unpaired) electrons. The minimum atomic E-state index is -3.04. The maximum Gasteiger partial charge on any atom is 0.387 e. The Balaban J connectivity index is 2.68. The number of benzene rings is 1. The van der Waals surface area contributed by atoms with E-state index >= 15 is 0 Å². The number of hydrogen-bond donors (Lipinski definition) is 1. The Hall–Kier alpha value is -1.21. The van der Waals surface area contributed by atoms with Crippen LogP contribution < -0.4 is 10.1 Å². The summed E-state index contributed by atoms with van der Waals surface area (Å²) in [7, 11) is -3.04. The molecule has 1 aromatic rings. The van der Waals surface area contributed by atoms with Gasteiger partial charge in [0.2, 0.25) is 0 Å². The number of alkyl halides is 2. The van der Waals surface area contributed by atoms with E-state index in [1.54, 1.807) is 25.1 Å². The number of rotatable bonds is 7. The van der Waals surface area contributed by atoms with Crippen molar-refractivity contribution in [3.05, 3.63) is 29.8 Å². The third-order valence-corrected chi connectivity index (χ3v) is 3.47. The maximum absolute atomic E-state index is 12.3. The van der Waals surface area contributed by atoms with Crippen LogP contribution in [0.2, 0.25) is 0 Å². The predicted octanol–water partition coefficient (Wildman–Crippen LogP) is 1.98. The number of para-hydroxylation sites is 1. The summed E-state index contributed by atoms with van der Waals surface area (Å²) in [6.07, 6.45) is 1.15. The summed E-state index contributed by atoms with van der Waals surface area (Å²) in [5, 5.41) is 2.97. The van der Waals surface area contributed by atoms with Crippen molar-refractivity contribution in [2.75, 3.05) is 18.6 Å². The van der Waals surface area contributed by atoms with Gasteiger partial charge in [0.1, 0.15) is 15.6 Å². The van der Waals surface area contributed by atoms with Gasteiger partial charge in [-0.1, -0.05) is 18.2 Å². The van der Waals surface area contributed by atoms with Crippen LogP contribution in [-0.4, -0.2) is 33.6 Å². The molecule has 0 fully saturated rings. The molecule has 0 aliphatic heterocycles. The Bertz CT molecular complexity index is 505. The SMILES string of the molecule is CC(NCCS(C)(=O)=O)c1ccccc1OC(F)F. The molecule has 0 spiro atoms. The van der Waals surface area contributed by atoms with Gasteiger partial charge in [-0.2, -0.15) is 8.78 Å². The monoisotopic (exact) mass is 293 g/mol. The lowest BCUT2D eigenvalue weighted by atomic mass is 10.1. The van der Waals surface area contributed by atoms with Crippen LogP contribution >= 0.6 is 0 Å². The van der Waals surface area contributed by atoms with Crippen molar-refractivity contribution < 1.29 is 21.9 Å². The average Bonchev–Trinajstić information content (AvgIpc) is 2.27. The van der Waals surface area contributed by atoms with E-state index in [-0.39, 0.29) is 24.1 Å². The Kier molecular flexibility index (Phi) is 5.68. The van der Waals surface area contributed by atoms with Crippen molar-refractivity contribution in [2.45, 2.75) is 19.6 Å². The summed E-state index contributed by atoms with van der Waals surface area (Å²) in [4.78, 5) is 0. The van der Waals surface area contributed by atoms with Crippen LogP contribution in [-0.2, 0) is 9.84 Å². The molecule has 0 bridgehead atoms. The van der Waals surface area contributed by atoms with E-state index < -0.39 is 16.4 Å². The van der Waals surface area contributed by atoms with Gasteiger partial charge in [0.15, 0.2) is 0 Å². The van der Waals surface area contributed by atoms with Crippen LogP contribution in [0.4, 0.5) is 8.78 Å². The summed E-state index contributed by atoms with van der Waals surface area (Å²) in [6.45, 7) is -0.872. The molecular formula is C12H17F2NO3S. The summed E-state index contributed by atoms with van der Waals surface area (Å²) < 4.78 is 50.9. The Morgan fingerprint density at radius 2 is 1.95 bits per heavy atom. The third-order valence-electron chi connectivity index (χ3n) is 2.52. The minimum absolute atomic E-state index is 0.00475. The molecule has 1 atom stereocenters. The van der Waals surface area contributed by atoms with Gasteiger partial charge < -0.3 is 10.1 Å². The molecule has 0 amide bonds. The normalized spacial score (nSPS) is 13.5. The topological polar surface area (TPSA) is 55.4 Å². The molecule has 0 aromatic heterocycles. The van der Waals surface area contributed by atoms with Crippen molar-refractivity contribution in [3.63, 3.8) is 0 Å². The molecule has 1 rings (SSSR count). The van der Waals surface area contributed by atoms with E-state index in [0.717, 1.165) is 6.26 Å². The van der Waals surface area contributed by atoms with Gasteiger partial charge in [-0.05, 0) is 13.0 Å². The molecule has 1 aromatic carbocycles. The first kappa shape index (κ1) is 15.8. The second kappa shape index (κ2) is 6.81. The minimum Gasteiger partial charge on any atom is -0.434 e. The van der Waals surface area contributed by atoms with Gasteiger partial charge in [-0.25, -0.2) is 8.42 Å². The van der Waals surface area contributed by atoms with Crippen LogP contribution in [0.1, 0.15) is 18.5 Å². The molecule has 0 aliphatic rings. The fraction of sp³-hybridized carbons (Fsp3) is 0.500. The van der Waals surface area contributed by atoms with Gasteiger partial charge in [0.05, 0.1) is 5.75 Å². The summed E-state index contributed by atoms with van der Waals surface area (Å²) in [5.41, 5.74) is 0.566. The van der Waals surface area contributed by atoms with Gasteiger partial charge in [-0.15, -0.1) is 0 Å². The molecule has 0 aliphatic carbocycles. The van der Waals surface area contributed by atoms with Crippen molar-refractivity contribution in [1.82, 2.24) is 5.32 Å². The third kappa shape index (κ3) is 5.98. The average molecular weight is 293 g/mol. The van der Waals surface area contributed by atoms with Gasteiger partial charge >= 0.3 is 6.61 Å². The molecule has 1 N–H and O–H groups in total. The predicted molar refractivity (Wildman–Crippen MR) is 69.2 cm³/mol. The second-order valence-corrected chi connectivity index (χ2v) is 6.48. The second-order valence-electron chi connectivity index (χ2n) is 4.22.